The highest BCUT2D eigenvalue weighted by molar-refractivity contribution is 7.21. The number of halogens is 2. The molecule has 0 fully saturated rings. The highest BCUT2D eigenvalue weighted by Gasteiger charge is 2.53. The molecule has 3 aliphatic rings. The summed E-state index contributed by atoms with van der Waals surface area (Å²) < 4.78 is 28.5. The van der Waals surface area contributed by atoms with Crippen molar-refractivity contribution in [1.82, 2.24) is 0 Å². The predicted octanol–water partition coefficient (Wildman–Crippen LogP) is 5.77. The maximum absolute atomic E-state index is 14.2. The van der Waals surface area contributed by atoms with Crippen molar-refractivity contribution in [2.24, 2.45) is 0 Å². The number of nitrogens with zero attached hydrogens (tertiary/aromatic N) is 2. The molecule has 0 unspecified atom stereocenters. The molecule has 0 radical (unpaired) electrons. The second kappa shape index (κ2) is 9.04. The van der Waals surface area contributed by atoms with Crippen LogP contribution < -0.4 is 41.7 Å². The molecular formula is C38H27BF2N2Si. The van der Waals surface area contributed by atoms with E-state index < -0.39 is 8.07 Å². The normalized spacial score (nSPS) is 14.9. The molecule has 9 rings (SSSR count). The minimum Gasteiger partial charge on any atom is -0.311 e. The number of aryl methyl sites for hydroxylation is 1. The van der Waals surface area contributed by atoms with E-state index in [1.54, 1.807) is 24.3 Å². The van der Waals surface area contributed by atoms with Crippen molar-refractivity contribution in [3.05, 3.63) is 145 Å². The third-order valence-corrected chi connectivity index (χ3v) is 14.4. The number of hydrogen-bond acceptors (Lipinski definition) is 2. The summed E-state index contributed by atoms with van der Waals surface area (Å²) in [5.41, 5.74) is 11.4. The van der Waals surface area contributed by atoms with E-state index in [0.29, 0.717) is 0 Å². The summed E-state index contributed by atoms with van der Waals surface area (Å²) >= 11 is 0. The van der Waals surface area contributed by atoms with E-state index in [9.17, 15) is 8.78 Å². The van der Waals surface area contributed by atoms with Crippen molar-refractivity contribution >= 4 is 80.9 Å². The number of rotatable bonds is 3. The molecule has 6 aromatic carbocycles. The van der Waals surface area contributed by atoms with Gasteiger partial charge in [-0.25, -0.2) is 8.78 Å². The standard InChI is InChI=1S/C38H27BF2N2Si/c1-24-22-32-36-33(23-24)43(28-20-16-26(41)17-21-28)31-11-7-13-35-38(31)39(36)37-30(42(32)27-18-14-25(40)15-19-27)10-6-12-34(37)44(35,2)29-8-4-3-5-9-29/h3-23H,1-2H3. The lowest BCUT2D eigenvalue weighted by Gasteiger charge is -2.50. The predicted molar refractivity (Wildman–Crippen MR) is 182 cm³/mol. The molecule has 0 aliphatic carbocycles. The molecule has 0 saturated heterocycles. The first-order valence-corrected chi connectivity index (χ1v) is 17.5. The van der Waals surface area contributed by atoms with Crippen molar-refractivity contribution in [3.63, 3.8) is 0 Å². The molecule has 0 aromatic heterocycles. The third-order valence-electron chi connectivity index (χ3n) is 9.87. The molecule has 0 saturated carbocycles. The topological polar surface area (TPSA) is 6.48 Å². The Labute approximate surface area is 256 Å². The third kappa shape index (κ3) is 3.29. The van der Waals surface area contributed by atoms with Crippen LogP contribution in [0.15, 0.2) is 127 Å². The van der Waals surface area contributed by atoms with Gasteiger partial charge in [0.05, 0.1) is 0 Å². The fourth-order valence-corrected chi connectivity index (χ4v) is 12.3. The summed E-state index contributed by atoms with van der Waals surface area (Å²) in [6.45, 7) is 4.64. The summed E-state index contributed by atoms with van der Waals surface area (Å²) in [6, 6.07) is 42.7. The zero-order valence-electron chi connectivity index (χ0n) is 24.4. The first-order valence-electron chi connectivity index (χ1n) is 15.0. The van der Waals surface area contributed by atoms with Crippen molar-refractivity contribution in [2.45, 2.75) is 13.5 Å². The zero-order chi connectivity index (χ0) is 29.7. The van der Waals surface area contributed by atoms with Gasteiger partial charge < -0.3 is 9.80 Å². The van der Waals surface area contributed by atoms with Gasteiger partial charge in [0.25, 0.3) is 6.71 Å². The lowest BCUT2D eigenvalue weighted by Crippen LogP contribution is -2.83. The van der Waals surface area contributed by atoms with E-state index in [-0.39, 0.29) is 18.3 Å². The number of benzene rings is 6. The van der Waals surface area contributed by atoms with Gasteiger partial charge in [-0.3, -0.25) is 0 Å². The van der Waals surface area contributed by atoms with Gasteiger partial charge >= 0.3 is 0 Å². The largest absolute Gasteiger partial charge is 0.311 e. The maximum Gasteiger partial charge on any atom is 0.251 e. The van der Waals surface area contributed by atoms with Crippen LogP contribution in [0, 0.1) is 18.6 Å². The minimum absolute atomic E-state index is 0.0377. The molecule has 0 spiro atoms. The lowest BCUT2D eigenvalue weighted by molar-refractivity contribution is 0.627. The Balaban J connectivity index is 1.46. The highest BCUT2D eigenvalue weighted by Crippen LogP contribution is 2.44. The zero-order valence-corrected chi connectivity index (χ0v) is 25.4. The Hall–Kier alpha value is -4.94. The quantitative estimate of drug-likeness (QED) is 0.242. The van der Waals surface area contributed by atoms with Crippen LogP contribution >= 0.6 is 0 Å². The average molecular weight is 589 g/mol. The summed E-state index contributed by atoms with van der Waals surface area (Å²) in [7, 11) is -2.50. The molecule has 2 nitrogen and oxygen atoms in total. The monoisotopic (exact) mass is 588 g/mol. The van der Waals surface area contributed by atoms with Gasteiger partial charge in [0.2, 0.25) is 0 Å². The molecule has 3 heterocycles. The number of anilines is 6. The van der Waals surface area contributed by atoms with Crippen molar-refractivity contribution in [2.75, 3.05) is 9.80 Å². The van der Waals surface area contributed by atoms with Crippen LogP contribution in [0.1, 0.15) is 5.56 Å². The molecule has 0 amide bonds. The van der Waals surface area contributed by atoms with Gasteiger partial charge in [-0.2, -0.15) is 0 Å². The van der Waals surface area contributed by atoms with E-state index in [2.05, 4.69) is 102 Å². The second-order valence-electron chi connectivity index (χ2n) is 12.2. The minimum atomic E-state index is -2.50. The Kier molecular flexibility index (Phi) is 5.25. The lowest BCUT2D eigenvalue weighted by atomic mass is 9.33. The molecule has 44 heavy (non-hydrogen) atoms. The average Bonchev–Trinajstić information content (AvgIpc) is 3.05. The van der Waals surface area contributed by atoms with Crippen LogP contribution in [0.5, 0.6) is 0 Å². The van der Waals surface area contributed by atoms with E-state index >= 15 is 0 Å². The van der Waals surface area contributed by atoms with Gasteiger partial charge in [-0.15, -0.1) is 0 Å². The number of hydrogen-bond donors (Lipinski definition) is 0. The Bertz CT molecular complexity index is 2000. The summed E-state index contributed by atoms with van der Waals surface area (Å²) in [4.78, 5) is 4.64. The Morgan fingerprint density at radius 2 is 1.00 bits per heavy atom. The van der Waals surface area contributed by atoms with E-state index in [1.807, 2.05) is 24.3 Å². The SMILES string of the molecule is Cc1cc2c3c(c1)N(c1ccc(F)cc1)c1cccc4c1B3c1c(cccc1[Si]4(C)c1ccccc1)N2c1ccc(F)cc1. The van der Waals surface area contributed by atoms with Gasteiger partial charge in [0, 0.05) is 34.1 Å². The van der Waals surface area contributed by atoms with Crippen LogP contribution in [-0.2, 0) is 0 Å². The Morgan fingerprint density at radius 1 is 0.523 bits per heavy atom. The molecule has 210 valence electrons. The van der Waals surface area contributed by atoms with Gasteiger partial charge in [-0.1, -0.05) is 71.5 Å². The van der Waals surface area contributed by atoms with Crippen molar-refractivity contribution in [3.8, 4) is 0 Å². The summed E-state index contributed by atoms with van der Waals surface area (Å²) in [5, 5.41) is 4.19. The van der Waals surface area contributed by atoms with E-state index in [4.69, 9.17) is 0 Å². The maximum atomic E-state index is 14.2. The second-order valence-corrected chi connectivity index (χ2v) is 16.1. The van der Waals surface area contributed by atoms with E-state index in [1.165, 1.54) is 31.9 Å². The molecular weight excluding hydrogens is 561 g/mol. The van der Waals surface area contributed by atoms with Crippen molar-refractivity contribution < 1.29 is 8.78 Å². The Morgan fingerprint density at radius 3 is 1.48 bits per heavy atom. The first kappa shape index (κ1) is 25.6. The molecule has 0 atom stereocenters. The molecule has 6 aromatic rings. The van der Waals surface area contributed by atoms with E-state index in [0.717, 1.165) is 39.7 Å². The van der Waals surface area contributed by atoms with Crippen LogP contribution in [0.3, 0.4) is 0 Å². The van der Waals surface area contributed by atoms with Crippen LogP contribution in [-0.4, -0.2) is 14.8 Å². The molecule has 0 N–H and O–H groups in total. The van der Waals surface area contributed by atoms with Crippen LogP contribution in [0.4, 0.5) is 42.9 Å². The van der Waals surface area contributed by atoms with Gasteiger partial charge in [-0.05, 0) is 107 Å². The van der Waals surface area contributed by atoms with Crippen LogP contribution in [0.25, 0.3) is 0 Å². The first-order chi connectivity index (χ1) is 21.4. The fraction of sp³-hybridized carbons (Fsp3) is 0.0526. The molecule has 6 heteroatoms. The fourth-order valence-electron chi connectivity index (χ4n) is 8.06. The molecule has 3 aliphatic heterocycles. The van der Waals surface area contributed by atoms with Gasteiger partial charge in [0.1, 0.15) is 19.7 Å². The molecule has 0 bridgehead atoms. The van der Waals surface area contributed by atoms with Crippen molar-refractivity contribution in [1.29, 1.82) is 0 Å². The van der Waals surface area contributed by atoms with Gasteiger partial charge in [0.15, 0.2) is 0 Å². The summed E-state index contributed by atoms with van der Waals surface area (Å²) in [5.74, 6) is -0.509. The van der Waals surface area contributed by atoms with Crippen LogP contribution in [0.2, 0.25) is 6.55 Å². The smallest absolute Gasteiger partial charge is 0.251 e. The summed E-state index contributed by atoms with van der Waals surface area (Å²) in [6.07, 6.45) is 0. The highest BCUT2D eigenvalue weighted by atomic mass is 28.3.